The normalized spacial score (nSPS) is 15.0. The van der Waals surface area contributed by atoms with Gasteiger partial charge in [-0.15, -0.1) is 11.8 Å². The van der Waals surface area contributed by atoms with Gasteiger partial charge in [0, 0.05) is 15.8 Å². The molecule has 19 heavy (non-hydrogen) atoms. The number of carbonyl (C=O) groups is 1. The molecule has 0 saturated heterocycles. The molecular weight excluding hydrogens is 274 g/mol. The third kappa shape index (κ3) is 5.11. The summed E-state index contributed by atoms with van der Waals surface area (Å²) in [5, 5.41) is 3.14. The Morgan fingerprint density at radius 3 is 2.84 bits per heavy atom. The van der Waals surface area contributed by atoms with Crippen molar-refractivity contribution in [2.75, 3.05) is 5.75 Å². The Bertz CT molecular complexity index is 418. The molecule has 1 N–H and O–H groups in total. The van der Waals surface area contributed by atoms with Gasteiger partial charge in [-0.1, -0.05) is 19.4 Å². The lowest BCUT2D eigenvalue weighted by Gasteiger charge is -2.25. The van der Waals surface area contributed by atoms with Gasteiger partial charge in [-0.3, -0.25) is 4.79 Å². The van der Waals surface area contributed by atoms with Crippen molar-refractivity contribution in [3.8, 4) is 0 Å². The molecule has 0 radical (unpaired) electrons. The van der Waals surface area contributed by atoms with Crippen molar-refractivity contribution in [2.45, 2.75) is 54.9 Å². The van der Waals surface area contributed by atoms with E-state index in [2.05, 4.69) is 24.4 Å². The predicted octanol–water partition coefficient (Wildman–Crippen LogP) is 4.93. The minimum Gasteiger partial charge on any atom is -0.344 e. The lowest BCUT2D eigenvalue weighted by atomic mass is 9.94. The Balaban J connectivity index is 1.81. The van der Waals surface area contributed by atoms with Gasteiger partial charge < -0.3 is 5.32 Å². The fourth-order valence-electron chi connectivity index (χ4n) is 1.82. The Labute approximate surface area is 124 Å². The first-order valence-electron chi connectivity index (χ1n) is 6.99. The monoisotopic (exact) mass is 295 g/mol. The SMILES string of the molecule is CCCCSc1cccc(SC(=O)NC2CCC2)c1. The fourth-order valence-corrected chi connectivity index (χ4v) is 3.72. The number of hydrogen-bond acceptors (Lipinski definition) is 3. The maximum atomic E-state index is 11.8. The third-order valence-electron chi connectivity index (χ3n) is 3.21. The summed E-state index contributed by atoms with van der Waals surface area (Å²) in [5.74, 6) is 1.15. The zero-order valence-electron chi connectivity index (χ0n) is 11.4. The van der Waals surface area contributed by atoms with Crippen molar-refractivity contribution in [3.05, 3.63) is 24.3 Å². The van der Waals surface area contributed by atoms with Crippen LogP contribution in [-0.4, -0.2) is 17.0 Å². The van der Waals surface area contributed by atoms with E-state index in [-0.39, 0.29) is 5.24 Å². The summed E-state index contributed by atoms with van der Waals surface area (Å²) in [6.45, 7) is 2.21. The molecule has 1 saturated carbocycles. The standard InChI is InChI=1S/C15H21NOS2/c1-2-3-10-18-13-8-5-9-14(11-13)19-15(17)16-12-6-4-7-12/h5,8-9,11-12H,2-4,6-7,10H2,1H3,(H,16,17). The summed E-state index contributed by atoms with van der Waals surface area (Å²) in [4.78, 5) is 14.1. The lowest BCUT2D eigenvalue weighted by Crippen LogP contribution is -2.37. The maximum absolute atomic E-state index is 11.8. The van der Waals surface area contributed by atoms with Crippen molar-refractivity contribution in [2.24, 2.45) is 0 Å². The molecule has 0 heterocycles. The number of nitrogens with one attached hydrogen (secondary N) is 1. The van der Waals surface area contributed by atoms with Gasteiger partial charge in [-0.2, -0.15) is 0 Å². The highest BCUT2D eigenvalue weighted by Crippen LogP contribution is 2.27. The molecule has 0 aromatic heterocycles. The molecule has 2 rings (SSSR count). The number of rotatable bonds is 6. The predicted molar refractivity (Wildman–Crippen MR) is 84.1 cm³/mol. The molecule has 104 valence electrons. The van der Waals surface area contributed by atoms with Crippen LogP contribution in [0.25, 0.3) is 0 Å². The first-order chi connectivity index (χ1) is 9.28. The smallest absolute Gasteiger partial charge is 0.284 e. The zero-order chi connectivity index (χ0) is 13.5. The van der Waals surface area contributed by atoms with Crippen molar-refractivity contribution in [1.29, 1.82) is 0 Å². The van der Waals surface area contributed by atoms with Gasteiger partial charge in [0.15, 0.2) is 0 Å². The zero-order valence-corrected chi connectivity index (χ0v) is 13.0. The van der Waals surface area contributed by atoms with Gasteiger partial charge >= 0.3 is 0 Å². The van der Waals surface area contributed by atoms with Crippen LogP contribution in [0.15, 0.2) is 34.1 Å². The highest BCUT2D eigenvalue weighted by Gasteiger charge is 2.19. The largest absolute Gasteiger partial charge is 0.344 e. The molecule has 1 aromatic carbocycles. The highest BCUT2D eigenvalue weighted by molar-refractivity contribution is 8.13. The van der Waals surface area contributed by atoms with Crippen LogP contribution in [0.4, 0.5) is 4.79 Å². The van der Waals surface area contributed by atoms with Gasteiger partial charge in [0.25, 0.3) is 5.24 Å². The summed E-state index contributed by atoms with van der Waals surface area (Å²) < 4.78 is 0. The van der Waals surface area contributed by atoms with Crippen LogP contribution >= 0.6 is 23.5 Å². The Morgan fingerprint density at radius 1 is 1.37 bits per heavy atom. The second kappa shape index (κ2) is 7.85. The number of unbranched alkanes of at least 4 members (excludes halogenated alkanes) is 1. The van der Waals surface area contributed by atoms with Crippen LogP contribution in [0.3, 0.4) is 0 Å². The van der Waals surface area contributed by atoms with Gasteiger partial charge in [0.2, 0.25) is 0 Å². The van der Waals surface area contributed by atoms with Gasteiger partial charge in [-0.05, 0) is 61.4 Å². The Kier molecular flexibility index (Phi) is 6.11. The van der Waals surface area contributed by atoms with E-state index in [9.17, 15) is 4.79 Å². The van der Waals surface area contributed by atoms with Crippen LogP contribution in [0, 0.1) is 0 Å². The lowest BCUT2D eigenvalue weighted by molar-refractivity contribution is 0.249. The summed E-state index contributed by atoms with van der Waals surface area (Å²) >= 11 is 3.18. The van der Waals surface area contributed by atoms with E-state index in [1.54, 1.807) is 0 Å². The number of thioether (sulfide) groups is 2. The summed E-state index contributed by atoms with van der Waals surface area (Å²) in [7, 11) is 0. The molecule has 1 amide bonds. The molecule has 2 nitrogen and oxygen atoms in total. The molecule has 0 aliphatic heterocycles. The minimum absolute atomic E-state index is 0.0837. The van der Waals surface area contributed by atoms with Crippen molar-refractivity contribution >= 4 is 28.8 Å². The third-order valence-corrected chi connectivity index (χ3v) is 5.08. The molecular formula is C15H21NOS2. The van der Waals surface area contributed by atoms with E-state index in [4.69, 9.17) is 0 Å². The summed E-state index contributed by atoms with van der Waals surface area (Å²) in [6, 6.07) is 8.70. The second-order valence-corrected chi connectivity index (χ2v) is 7.05. The Morgan fingerprint density at radius 2 is 2.16 bits per heavy atom. The molecule has 1 aromatic rings. The van der Waals surface area contributed by atoms with Gasteiger partial charge in [0.05, 0.1) is 0 Å². The molecule has 0 spiro atoms. The number of carbonyl (C=O) groups excluding carboxylic acids is 1. The van der Waals surface area contributed by atoms with Crippen LogP contribution in [0.2, 0.25) is 0 Å². The first-order valence-corrected chi connectivity index (χ1v) is 8.79. The summed E-state index contributed by atoms with van der Waals surface area (Å²) in [6.07, 6.45) is 5.99. The van der Waals surface area contributed by atoms with Gasteiger partial charge in [-0.25, -0.2) is 0 Å². The highest BCUT2D eigenvalue weighted by atomic mass is 32.2. The summed E-state index contributed by atoms with van der Waals surface area (Å²) in [5.41, 5.74) is 0. The molecule has 1 aliphatic rings. The van der Waals surface area contributed by atoms with Crippen molar-refractivity contribution in [1.82, 2.24) is 5.32 Å². The number of hydrogen-bond donors (Lipinski definition) is 1. The number of benzene rings is 1. The van der Waals surface area contributed by atoms with Crippen LogP contribution in [-0.2, 0) is 0 Å². The van der Waals surface area contributed by atoms with E-state index in [1.165, 1.54) is 35.9 Å². The van der Waals surface area contributed by atoms with E-state index in [0.29, 0.717) is 6.04 Å². The van der Waals surface area contributed by atoms with Crippen molar-refractivity contribution < 1.29 is 4.79 Å². The minimum atomic E-state index is 0.0837. The molecule has 0 bridgehead atoms. The average Bonchev–Trinajstić information content (AvgIpc) is 2.35. The van der Waals surface area contributed by atoms with Gasteiger partial charge in [0.1, 0.15) is 0 Å². The quantitative estimate of drug-likeness (QED) is 0.596. The Hall–Kier alpha value is -0.610. The van der Waals surface area contributed by atoms with Crippen LogP contribution in [0.5, 0.6) is 0 Å². The van der Waals surface area contributed by atoms with Crippen LogP contribution in [0.1, 0.15) is 39.0 Å². The van der Waals surface area contributed by atoms with Crippen LogP contribution < -0.4 is 5.32 Å². The molecule has 1 fully saturated rings. The molecule has 4 heteroatoms. The van der Waals surface area contributed by atoms with E-state index in [1.807, 2.05) is 23.9 Å². The molecule has 0 atom stereocenters. The molecule has 0 unspecified atom stereocenters. The fraction of sp³-hybridized carbons (Fsp3) is 0.533. The second-order valence-electron chi connectivity index (χ2n) is 4.84. The molecule has 1 aliphatic carbocycles. The number of amides is 1. The van der Waals surface area contributed by atoms with E-state index < -0.39 is 0 Å². The van der Waals surface area contributed by atoms with E-state index in [0.717, 1.165) is 23.5 Å². The van der Waals surface area contributed by atoms with E-state index >= 15 is 0 Å². The average molecular weight is 295 g/mol. The topological polar surface area (TPSA) is 29.1 Å². The van der Waals surface area contributed by atoms with Crippen molar-refractivity contribution in [3.63, 3.8) is 0 Å². The first kappa shape index (κ1) is 14.8. The maximum Gasteiger partial charge on any atom is 0.284 e.